The first-order valence-electron chi connectivity index (χ1n) is 4.61. The molecule has 0 heterocycles. The summed E-state index contributed by atoms with van der Waals surface area (Å²) in [5.74, 6) is 0. The molecule has 0 fully saturated rings. The summed E-state index contributed by atoms with van der Waals surface area (Å²) in [5, 5.41) is 0. The molecule has 0 saturated carbocycles. The molecule has 0 unspecified atom stereocenters. The van der Waals surface area contributed by atoms with Gasteiger partial charge < -0.3 is 5.73 Å². The number of alkyl halides is 3. The van der Waals surface area contributed by atoms with Gasteiger partial charge in [0.25, 0.3) is 0 Å². The van der Waals surface area contributed by atoms with Crippen LogP contribution in [0.4, 0.5) is 18.9 Å². The van der Waals surface area contributed by atoms with E-state index in [0.29, 0.717) is 0 Å². The van der Waals surface area contributed by atoms with Crippen molar-refractivity contribution in [2.75, 3.05) is 5.73 Å². The van der Waals surface area contributed by atoms with E-state index >= 15 is 0 Å². The molecular weight excluding hydrogens is 155 g/mol. The van der Waals surface area contributed by atoms with Gasteiger partial charge in [-0.1, -0.05) is 0 Å². The standard InChI is InChI=1S/C7H6F3N/c8-7(9,10)5-1-3-6(11)4-2-5/h1-4H,11H2/i1D,2D,3D,4D. The molecule has 0 aliphatic carbocycles. The lowest BCUT2D eigenvalue weighted by molar-refractivity contribution is -0.137. The second-order valence-corrected chi connectivity index (χ2v) is 1.79. The first-order valence-corrected chi connectivity index (χ1v) is 2.61. The molecule has 0 spiro atoms. The highest BCUT2D eigenvalue weighted by molar-refractivity contribution is 5.39. The first-order chi connectivity index (χ1) is 6.68. The number of nitrogen functional groups attached to an aromatic ring is 1. The molecule has 11 heavy (non-hydrogen) atoms. The van der Waals surface area contributed by atoms with E-state index in [9.17, 15) is 13.2 Å². The second kappa shape index (κ2) is 2.45. The number of hydrogen-bond donors (Lipinski definition) is 1. The molecule has 0 amide bonds. The predicted molar refractivity (Wildman–Crippen MR) is 35.9 cm³/mol. The maximum atomic E-state index is 12.4. The van der Waals surface area contributed by atoms with E-state index in [2.05, 4.69) is 0 Å². The maximum Gasteiger partial charge on any atom is 0.416 e. The number of halogens is 3. The molecule has 60 valence electrons. The zero-order valence-corrected chi connectivity index (χ0v) is 5.21. The highest BCUT2D eigenvalue weighted by Crippen LogP contribution is 2.29. The first kappa shape index (κ1) is 3.99. The molecule has 1 aromatic carbocycles. The third kappa shape index (κ3) is 1.86. The normalized spacial score (nSPS) is 16.6. The third-order valence-electron chi connectivity index (χ3n) is 0.928. The molecule has 0 radical (unpaired) electrons. The van der Waals surface area contributed by atoms with Crippen molar-refractivity contribution in [1.82, 2.24) is 0 Å². The Hall–Kier alpha value is -1.19. The molecule has 4 heteroatoms. The van der Waals surface area contributed by atoms with Crippen LogP contribution in [0.3, 0.4) is 0 Å². The van der Waals surface area contributed by atoms with Crippen LogP contribution in [-0.2, 0) is 6.18 Å². The molecule has 0 bridgehead atoms. The molecule has 2 N–H and O–H groups in total. The number of hydrogen-bond acceptors (Lipinski definition) is 1. The van der Waals surface area contributed by atoms with Crippen LogP contribution in [0.15, 0.2) is 24.2 Å². The summed E-state index contributed by atoms with van der Waals surface area (Å²) in [7, 11) is 0. The van der Waals surface area contributed by atoms with Gasteiger partial charge in [-0.2, -0.15) is 13.2 Å². The monoisotopic (exact) mass is 165 g/mol. The van der Waals surface area contributed by atoms with Gasteiger partial charge in [-0.15, -0.1) is 0 Å². The minimum Gasteiger partial charge on any atom is -0.399 e. The van der Waals surface area contributed by atoms with E-state index in [1.165, 1.54) is 0 Å². The number of benzene rings is 1. The number of nitrogens with two attached hydrogens (primary N) is 1. The molecule has 0 aromatic heterocycles. The summed E-state index contributed by atoms with van der Waals surface area (Å²) in [5.41, 5.74) is 2.94. The summed E-state index contributed by atoms with van der Waals surface area (Å²) in [6.45, 7) is 0. The molecule has 1 aromatic rings. The van der Waals surface area contributed by atoms with Crippen LogP contribution in [0.1, 0.15) is 11.0 Å². The van der Waals surface area contributed by atoms with E-state index in [-0.39, 0.29) is 0 Å². The van der Waals surface area contributed by atoms with Crippen LogP contribution in [-0.4, -0.2) is 0 Å². The van der Waals surface area contributed by atoms with E-state index in [1.54, 1.807) is 0 Å². The quantitative estimate of drug-likeness (QED) is 0.586. The highest BCUT2D eigenvalue weighted by Gasteiger charge is 2.29. The Morgan fingerprint density at radius 2 is 1.64 bits per heavy atom. The van der Waals surface area contributed by atoms with Gasteiger partial charge in [0.15, 0.2) is 0 Å². The van der Waals surface area contributed by atoms with E-state index < -0.39 is 41.6 Å². The van der Waals surface area contributed by atoms with Crippen molar-refractivity contribution in [2.24, 2.45) is 0 Å². The van der Waals surface area contributed by atoms with E-state index in [4.69, 9.17) is 11.2 Å². The number of anilines is 1. The Labute approximate surface area is 67.3 Å². The van der Waals surface area contributed by atoms with Crippen LogP contribution in [0.25, 0.3) is 0 Å². The average molecular weight is 165 g/mol. The van der Waals surface area contributed by atoms with Crippen LogP contribution in [0.2, 0.25) is 0 Å². The van der Waals surface area contributed by atoms with Crippen molar-refractivity contribution in [3.8, 4) is 0 Å². The summed E-state index contributed by atoms with van der Waals surface area (Å²) in [6, 6.07) is -4.08. The summed E-state index contributed by atoms with van der Waals surface area (Å²) < 4.78 is 65.3. The number of rotatable bonds is 0. The molecule has 0 atom stereocenters. The summed E-state index contributed by atoms with van der Waals surface area (Å²) in [6.07, 6.45) is -4.92. The molecule has 0 saturated heterocycles. The lowest BCUT2D eigenvalue weighted by Gasteiger charge is -2.05. The minimum absolute atomic E-state index is 0.585. The Balaban J connectivity index is 3.68. The smallest absolute Gasteiger partial charge is 0.399 e. The van der Waals surface area contributed by atoms with E-state index in [0.717, 1.165) is 0 Å². The van der Waals surface area contributed by atoms with Crippen molar-refractivity contribution in [1.29, 1.82) is 0 Å². The van der Waals surface area contributed by atoms with Crippen molar-refractivity contribution < 1.29 is 18.7 Å². The fraction of sp³-hybridized carbons (Fsp3) is 0.143. The van der Waals surface area contributed by atoms with Crippen LogP contribution in [0, 0.1) is 0 Å². The molecule has 1 rings (SSSR count). The fourth-order valence-electron chi connectivity index (χ4n) is 0.464. The largest absolute Gasteiger partial charge is 0.416 e. The van der Waals surface area contributed by atoms with Gasteiger partial charge in [0, 0.05) is 5.69 Å². The minimum atomic E-state index is -4.92. The second-order valence-electron chi connectivity index (χ2n) is 1.79. The third-order valence-corrected chi connectivity index (χ3v) is 0.928. The molecule has 0 aliphatic rings. The maximum absolute atomic E-state index is 12.4. The Morgan fingerprint density at radius 1 is 1.18 bits per heavy atom. The van der Waals surface area contributed by atoms with Crippen LogP contribution < -0.4 is 5.73 Å². The van der Waals surface area contributed by atoms with E-state index in [1.807, 2.05) is 0 Å². The van der Waals surface area contributed by atoms with Gasteiger partial charge >= 0.3 is 6.18 Å². The summed E-state index contributed by atoms with van der Waals surface area (Å²) >= 11 is 0. The topological polar surface area (TPSA) is 26.0 Å². The van der Waals surface area contributed by atoms with Crippen molar-refractivity contribution in [2.45, 2.75) is 6.18 Å². The molecular formula is C7H6F3N. The Morgan fingerprint density at radius 3 is 2.00 bits per heavy atom. The lowest BCUT2D eigenvalue weighted by atomic mass is 10.2. The van der Waals surface area contributed by atoms with Gasteiger partial charge in [-0.3, -0.25) is 0 Å². The zero-order valence-electron chi connectivity index (χ0n) is 9.21. The molecule has 1 nitrogen and oxygen atoms in total. The lowest BCUT2D eigenvalue weighted by Crippen LogP contribution is -2.04. The Kier molecular flexibility index (Phi) is 0.889. The fourth-order valence-corrected chi connectivity index (χ4v) is 0.464. The average Bonchev–Trinajstić information content (AvgIpc) is 2.09. The SMILES string of the molecule is [2H]c1c([2H])c(C(F)(F)F)c([2H])c([2H])c1N. The molecule has 0 aliphatic heterocycles. The van der Waals surface area contributed by atoms with Gasteiger partial charge in [-0.05, 0) is 24.2 Å². The van der Waals surface area contributed by atoms with Gasteiger partial charge in [0.2, 0.25) is 0 Å². The van der Waals surface area contributed by atoms with Gasteiger partial charge in [-0.25, -0.2) is 0 Å². The zero-order chi connectivity index (χ0) is 12.0. The van der Waals surface area contributed by atoms with Crippen molar-refractivity contribution in [3.05, 3.63) is 29.7 Å². The summed E-state index contributed by atoms with van der Waals surface area (Å²) in [4.78, 5) is 0. The van der Waals surface area contributed by atoms with Crippen LogP contribution in [0.5, 0.6) is 0 Å². The van der Waals surface area contributed by atoms with Crippen LogP contribution >= 0.6 is 0 Å². The van der Waals surface area contributed by atoms with Crippen molar-refractivity contribution in [3.63, 3.8) is 0 Å². The van der Waals surface area contributed by atoms with Crippen molar-refractivity contribution >= 4 is 5.69 Å². The highest BCUT2D eigenvalue weighted by atomic mass is 19.4. The van der Waals surface area contributed by atoms with Gasteiger partial charge in [0.05, 0.1) is 11.0 Å². The predicted octanol–water partition coefficient (Wildman–Crippen LogP) is 2.29. The Bertz CT molecular complexity index is 387. The van der Waals surface area contributed by atoms with Gasteiger partial charge in [0.1, 0.15) is 0 Å².